The van der Waals surface area contributed by atoms with Gasteiger partial charge in [0.05, 0.1) is 33.8 Å². The molecule has 0 N–H and O–H groups in total. The summed E-state index contributed by atoms with van der Waals surface area (Å²) in [5.74, 6) is 0.0900. The Kier molecular flexibility index (Phi) is 7.32. The van der Waals surface area contributed by atoms with Gasteiger partial charge in [-0.15, -0.1) is 0 Å². The number of thioether (sulfide) groups is 1. The molecule has 0 radical (unpaired) electrons. The van der Waals surface area contributed by atoms with Crippen LogP contribution in [0.3, 0.4) is 0 Å². The van der Waals surface area contributed by atoms with Crippen LogP contribution in [-0.4, -0.2) is 29.2 Å². The van der Waals surface area contributed by atoms with Crippen LogP contribution in [0.25, 0.3) is 22.4 Å². The molecule has 8 heteroatoms. The van der Waals surface area contributed by atoms with Crippen LogP contribution >= 0.6 is 27.7 Å². The van der Waals surface area contributed by atoms with Gasteiger partial charge in [-0.2, -0.15) is 5.26 Å². The Balaban J connectivity index is 1.58. The van der Waals surface area contributed by atoms with E-state index in [4.69, 9.17) is 9.72 Å². The molecule has 2 amide bonds. The third-order valence-electron chi connectivity index (χ3n) is 6.28. The van der Waals surface area contributed by atoms with Gasteiger partial charge < -0.3 is 4.74 Å². The Morgan fingerprint density at radius 2 is 1.76 bits per heavy atom. The predicted octanol–water partition coefficient (Wildman–Crippen LogP) is 6.79. The van der Waals surface area contributed by atoms with E-state index in [1.165, 1.54) is 4.90 Å². The van der Waals surface area contributed by atoms with E-state index in [2.05, 4.69) is 22.0 Å². The summed E-state index contributed by atoms with van der Waals surface area (Å²) in [6, 6.07) is 26.7. The SMILES string of the molecule is COc1ccc(-c2cc(-c3ccccc3)nc(S[C@H]3CC(=O)N(c4ccc(C)cc4)C3=O)c2C#N)cc1Br. The number of rotatable bonds is 6. The highest BCUT2D eigenvalue weighted by molar-refractivity contribution is 9.10. The van der Waals surface area contributed by atoms with Gasteiger partial charge in [0.25, 0.3) is 0 Å². The number of aryl methyl sites for hydroxylation is 1. The first-order valence-corrected chi connectivity index (χ1v) is 13.5. The lowest BCUT2D eigenvalue weighted by atomic mass is 9.99. The van der Waals surface area contributed by atoms with Gasteiger partial charge in [0.1, 0.15) is 16.8 Å². The van der Waals surface area contributed by atoms with Gasteiger partial charge in [0, 0.05) is 17.5 Å². The Morgan fingerprint density at radius 1 is 1.03 bits per heavy atom. The summed E-state index contributed by atoms with van der Waals surface area (Å²) < 4.78 is 6.12. The normalized spacial score (nSPS) is 15.0. The number of halogens is 1. The van der Waals surface area contributed by atoms with E-state index in [0.717, 1.165) is 32.9 Å². The number of carbonyl (C=O) groups is 2. The first-order chi connectivity index (χ1) is 18.4. The van der Waals surface area contributed by atoms with E-state index >= 15 is 0 Å². The minimum atomic E-state index is -0.690. The number of amides is 2. The number of hydrogen-bond donors (Lipinski definition) is 0. The number of pyridine rings is 1. The maximum Gasteiger partial charge on any atom is 0.247 e. The summed E-state index contributed by atoms with van der Waals surface area (Å²) in [5, 5.41) is 9.96. The first-order valence-electron chi connectivity index (χ1n) is 11.8. The molecule has 0 bridgehead atoms. The van der Waals surface area contributed by atoms with Gasteiger partial charge in [-0.1, -0.05) is 65.9 Å². The predicted molar refractivity (Wildman–Crippen MR) is 152 cm³/mol. The highest BCUT2D eigenvalue weighted by atomic mass is 79.9. The summed E-state index contributed by atoms with van der Waals surface area (Å²) in [7, 11) is 1.59. The molecule has 1 saturated heterocycles. The van der Waals surface area contributed by atoms with Crippen LogP contribution in [0.5, 0.6) is 5.75 Å². The van der Waals surface area contributed by atoms with Crippen molar-refractivity contribution in [1.29, 1.82) is 5.26 Å². The van der Waals surface area contributed by atoms with E-state index in [1.807, 2.05) is 73.7 Å². The second-order valence-electron chi connectivity index (χ2n) is 8.78. The monoisotopic (exact) mass is 583 g/mol. The van der Waals surface area contributed by atoms with Crippen molar-refractivity contribution in [2.75, 3.05) is 12.0 Å². The topological polar surface area (TPSA) is 83.3 Å². The molecular weight excluding hydrogens is 562 g/mol. The fraction of sp³-hybridized carbons (Fsp3) is 0.133. The van der Waals surface area contributed by atoms with Crippen LogP contribution in [0.4, 0.5) is 5.69 Å². The molecule has 1 aliphatic heterocycles. The van der Waals surface area contributed by atoms with Crippen molar-refractivity contribution in [1.82, 2.24) is 4.98 Å². The molecule has 2 heterocycles. The minimum absolute atomic E-state index is 0.0307. The van der Waals surface area contributed by atoms with Crippen molar-refractivity contribution in [3.63, 3.8) is 0 Å². The number of ether oxygens (including phenoxy) is 1. The maximum absolute atomic E-state index is 13.4. The van der Waals surface area contributed by atoms with Crippen LogP contribution in [-0.2, 0) is 9.59 Å². The van der Waals surface area contributed by atoms with E-state index in [-0.39, 0.29) is 18.2 Å². The van der Waals surface area contributed by atoms with E-state index < -0.39 is 5.25 Å². The summed E-state index contributed by atoms with van der Waals surface area (Å²) in [4.78, 5) is 32.3. The third-order valence-corrected chi connectivity index (χ3v) is 8.07. The number of nitriles is 1. The summed E-state index contributed by atoms with van der Waals surface area (Å²) in [6.45, 7) is 1.95. The highest BCUT2D eigenvalue weighted by Gasteiger charge is 2.41. The maximum atomic E-state index is 13.4. The molecule has 0 saturated carbocycles. The number of imide groups is 1. The molecule has 0 unspecified atom stereocenters. The molecule has 1 aromatic heterocycles. The molecule has 1 fully saturated rings. The summed E-state index contributed by atoms with van der Waals surface area (Å²) >= 11 is 4.70. The van der Waals surface area contributed by atoms with E-state index in [9.17, 15) is 14.9 Å². The van der Waals surface area contributed by atoms with Crippen molar-refractivity contribution in [2.45, 2.75) is 23.6 Å². The molecular formula is C30H22BrN3O3S. The molecule has 6 nitrogen and oxygen atoms in total. The van der Waals surface area contributed by atoms with Gasteiger partial charge in [0.15, 0.2) is 0 Å². The Hall–Kier alpha value is -3.93. The second-order valence-corrected chi connectivity index (χ2v) is 10.8. The minimum Gasteiger partial charge on any atom is -0.496 e. The third kappa shape index (κ3) is 4.95. The standard InChI is InChI=1S/C30H22BrN3O3S/c1-18-8-11-21(12-9-18)34-28(35)16-27(30(34)36)38-29-23(17-32)22(20-10-13-26(37-2)24(31)14-20)15-25(33-29)19-6-4-3-5-7-19/h3-15,27H,16H2,1-2H3/t27-/m0/s1. The zero-order chi connectivity index (χ0) is 26.8. The van der Waals surface area contributed by atoms with Crippen LogP contribution in [0.15, 0.2) is 88.4 Å². The summed E-state index contributed by atoms with van der Waals surface area (Å²) in [5.41, 5.74) is 4.95. The van der Waals surface area contributed by atoms with Crippen molar-refractivity contribution < 1.29 is 14.3 Å². The average Bonchev–Trinajstić information content (AvgIpc) is 3.21. The molecule has 1 atom stereocenters. The number of methoxy groups -OCH3 is 1. The molecule has 4 aromatic rings. The van der Waals surface area contributed by atoms with Gasteiger partial charge in [0.2, 0.25) is 11.8 Å². The molecule has 1 aliphatic rings. The Bertz CT molecular complexity index is 1580. The molecule has 188 valence electrons. The fourth-order valence-corrected chi connectivity index (χ4v) is 6.00. The van der Waals surface area contributed by atoms with Crippen molar-refractivity contribution in [2.24, 2.45) is 0 Å². The molecule has 0 aliphatic carbocycles. The van der Waals surface area contributed by atoms with Crippen LogP contribution < -0.4 is 9.64 Å². The Labute approximate surface area is 233 Å². The van der Waals surface area contributed by atoms with Crippen molar-refractivity contribution in [3.05, 3.63) is 94.5 Å². The van der Waals surface area contributed by atoms with E-state index in [1.54, 1.807) is 19.2 Å². The zero-order valence-electron chi connectivity index (χ0n) is 20.6. The lowest BCUT2D eigenvalue weighted by molar-refractivity contribution is -0.121. The number of carbonyl (C=O) groups excluding carboxylic acids is 2. The van der Waals surface area contributed by atoms with Gasteiger partial charge >= 0.3 is 0 Å². The molecule has 3 aromatic carbocycles. The lowest BCUT2D eigenvalue weighted by Crippen LogP contribution is -2.31. The number of anilines is 1. The molecule has 5 rings (SSSR count). The number of nitrogens with zero attached hydrogens (tertiary/aromatic N) is 3. The van der Waals surface area contributed by atoms with Gasteiger partial charge in [-0.3, -0.25) is 9.59 Å². The zero-order valence-corrected chi connectivity index (χ0v) is 23.0. The number of benzene rings is 3. The average molecular weight is 584 g/mol. The first kappa shape index (κ1) is 25.7. The Morgan fingerprint density at radius 3 is 2.42 bits per heavy atom. The summed E-state index contributed by atoms with van der Waals surface area (Å²) in [6.07, 6.45) is 0.0307. The quantitative estimate of drug-likeness (QED) is 0.232. The van der Waals surface area contributed by atoms with Crippen LogP contribution in [0, 0.1) is 18.3 Å². The highest BCUT2D eigenvalue weighted by Crippen LogP contribution is 2.40. The van der Waals surface area contributed by atoms with E-state index in [0.29, 0.717) is 33.3 Å². The van der Waals surface area contributed by atoms with Crippen LogP contribution in [0.2, 0.25) is 0 Å². The molecule has 38 heavy (non-hydrogen) atoms. The van der Waals surface area contributed by atoms with Crippen molar-refractivity contribution in [3.8, 4) is 34.2 Å². The number of hydrogen-bond acceptors (Lipinski definition) is 6. The fourth-order valence-electron chi connectivity index (χ4n) is 4.33. The van der Waals surface area contributed by atoms with Crippen LogP contribution in [0.1, 0.15) is 17.5 Å². The molecule has 0 spiro atoms. The number of aromatic nitrogens is 1. The second kappa shape index (κ2) is 10.8. The smallest absolute Gasteiger partial charge is 0.247 e. The van der Waals surface area contributed by atoms with Gasteiger partial charge in [-0.05, 0) is 58.7 Å². The lowest BCUT2D eigenvalue weighted by Gasteiger charge is -2.16. The van der Waals surface area contributed by atoms with Gasteiger partial charge in [-0.25, -0.2) is 9.88 Å². The van der Waals surface area contributed by atoms with Crippen molar-refractivity contribution >= 4 is 45.2 Å². The largest absolute Gasteiger partial charge is 0.496 e.